The van der Waals surface area contributed by atoms with Crippen LogP contribution in [-0.2, 0) is 9.59 Å². The Labute approximate surface area is 169 Å². The molecule has 2 aromatic rings. The molecule has 2 fully saturated rings. The van der Waals surface area contributed by atoms with Crippen molar-refractivity contribution in [2.75, 3.05) is 11.4 Å². The number of imide groups is 1. The molecular formula is C22H24N4O3. The van der Waals surface area contributed by atoms with Gasteiger partial charge in [0.2, 0.25) is 5.91 Å². The number of nitrogens with one attached hydrogen (secondary N) is 1. The van der Waals surface area contributed by atoms with Crippen molar-refractivity contribution in [2.24, 2.45) is 0 Å². The van der Waals surface area contributed by atoms with Gasteiger partial charge >= 0.3 is 6.03 Å². The first-order valence-electron chi connectivity index (χ1n) is 10.0. The van der Waals surface area contributed by atoms with E-state index in [1.54, 1.807) is 30.5 Å². The van der Waals surface area contributed by atoms with Crippen molar-refractivity contribution in [1.82, 2.24) is 15.2 Å². The van der Waals surface area contributed by atoms with E-state index in [0.717, 1.165) is 29.7 Å². The van der Waals surface area contributed by atoms with Crippen LogP contribution in [-0.4, -0.2) is 40.3 Å². The lowest BCUT2D eigenvalue weighted by Gasteiger charge is -2.36. The topological polar surface area (TPSA) is 82.6 Å². The SMILES string of the molecule is O=C1N[C@@H](CCC(=O)N2CCCC[C@H]2c2cccnc2)C(=O)N1c1ccccc1. The smallest absolute Gasteiger partial charge is 0.329 e. The van der Waals surface area contributed by atoms with Gasteiger partial charge in [-0.1, -0.05) is 24.3 Å². The van der Waals surface area contributed by atoms with Gasteiger partial charge in [-0.25, -0.2) is 9.69 Å². The fraction of sp³-hybridized carbons (Fsp3) is 0.364. The summed E-state index contributed by atoms with van der Waals surface area (Å²) in [6.07, 6.45) is 7.02. The number of carbonyl (C=O) groups excluding carboxylic acids is 3. The summed E-state index contributed by atoms with van der Waals surface area (Å²) in [7, 11) is 0. The van der Waals surface area contributed by atoms with Crippen LogP contribution in [0, 0.1) is 0 Å². The van der Waals surface area contributed by atoms with Gasteiger partial charge in [-0.2, -0.15) is 0 Å². The Bertz CT molecular complexity index is 887. The zero-order valence-electron chi connectivity index (χ0n) is 16.2. The molecule has 0 aliphatic carbocycles. The highest BCUT2D eigenvalue weighted by Gasteiger charge is 2.39. The van der Waals surface area contributed by atoms with Gasteiger partial charge in [0.25, 0.3) is 5.91 Å². The highest BCUT2D eigenvalue weighted by molar-refractivity contribution is 6.21. The van der Waals surface area contributed by atoms with Crippen LogP contribution < -0.4 is 10.2 Å². The summed E-state index contributed by atoms with van der Waals surface area (Å²) in [5, 5.41) is 2.71. The number of hydrogen-bond donors (Lipinski definition) is 1. The van der Waals surface area contributed by atoms with E-state index >= 15 is 0 Å². The van der Waals surface area contributed by atoms with Crippen molar-refractivity contribution < 1.29 is 14.4 Å². The molecule has 2 atom stereocenters. The van der Waals surface area contributed by atoms with Crippen LogP contribution in [0.15, 0.2) is 54.9 Å². The minimum absolute atomic E-state index is 0.0127. The quantitative estimate of drug-likeness (QED) is 0.793. The summed E-state index contributed by atoms with van der Waals surface area (Å²) in [6, 6.07) is 11.6. The maximum Gasteiger partial charge on any atom is 0.329 e. The molecule has 0 saturated carbocycles. The predicted octanol–water partition coefficient (Wildman–Crippen LogP) is 3.04. The molecule has 7 heteroatoms. The second-order valence-electron chi connectivity index (χ2n) is 7.44. The van der Waals surface area contributed by atoms with Gasteiger partial charge in [0.15, 0.2) is 0 Å². The lowest BCUT2D eigenvalue weighted by atomic mass is 9.95. The van der Waals surface area contributed by atoms with Crippen molar-refractivity contribution >= 4 is 23.5 Å². The molecule has 7 nitrogen and oxygen atoms in total. The van der Waals surface area contributed by atoms with E-state index < -0.39 is 12.1 Å². The molecule has 4 amide bonds. The maximum absolute atomic E-state index is 12.9. The van der Waals surface area contributed by atoms with E-state index in [4.69, 9.17) is 0 Å². The van der Waals surface area contributed by atoms with Crippen LogP contribution in [0.3, 0.4) is 0 Å². The molecule has 4 rings (SSSR count). The molecule has 150 valence electrons. The standard InChI is InChI=1S/C22H24N4O3/c27-20(25-14-5-4-10-19(25)16-7-6-13-23-15-16)12-11-18-21(28)26(22(29)24-18)17-8-2-1-3-9-17/h1-3,6-9,13,15,18-19H,4-5,10-12,14H2,(H,24,29)/t18-,19-/m0/s1. The number of likely N-dealkylation sites (tertiary alicyclic amines) is 1. The number of anilines is 1. The van der Waals surface area contributed by atoms with Gasteiger partial charge in [0.1, 0.15) is 6.04 Å². The van der Waals surface area contributed by atoms with Crippen LogP contribution in [0.2, 0.25) is 0 Å². The zero-order valence-corrected chi connectivity index (χ0v) is 16.2. The molecule has 0 bridgehead atoms. The molecule has 2 saturated heterocycles. The monoisotopic (exact) mass is 392 g/mol. The van der Waals surface area contributed by atoms with E-state index in [9.17, 15) is 14.4 Å². The third-order valence-electron chi connectivity index (χ3n) is 5.57. The molecule has 1 aromatic carbocycles. The second kappa shape index (κ2) is 8.43. The number of carbonyl (C=O) groups is 3. The van der Waals surface area contributed by atoms with E-state index in [0.29, 0.717) is 18.7 Å². The summed E-state index contributed by atoms with van der Waals surface area (Å²) < 4.78 is 0. The van der Waals surface area contributed by atoms with E-state index in [1.807, 2.05) is 29.3 Å². The third-order valence-corrected chi connectivity index (χ3v) is 5.57. The third kappa shape index (κ3) is 3.99. The Hall–Kier alpha value is -3.22. The lowest BCUT2D eigenvalue weighted by molar-refractivity contribution is -0.135. The van der Waals surface area contributed by atoms with Crippen LogP contribution >= 0.6 is 0 Å². The molecule has 2 aliphatic rings. The number of amides is 4. The van der Waals surface area contributed by atoms with Gasteiger partial charge in [-0.15, -0.1) is 0 Å². The number of para-hydroxylation sites is 1. The van der Waals surface area contributed by atoms with Gasteiger partial charge in [-0.05, 0) is 49.4 Å². The van der Waals surface area contributed by atoms with Crippen LogP contribution in [0.5, 0.6) is 0 Å². The first kappa shape index (κ1) is 19.1. The number of pyridine rings is 1. The molecule has 0 unspecified atom stereocenters. The van der Waals surface area contributed by atoms with Crippen molar-refractivity contribution in [2.45, 2.75) is 44.2 Å². The van der Waals surface area contributed by atoms with Crippen molar-refractivity contribution in [1.29, 1.82) is 0 Å². The number of benzene rings is 1. The van der Waals surface area contributed by atoms with Crippen LogP contribution in [0.1, 0.15) is 43.7 Å². The van der Waals surface area contributed by atoms with Gasteiger partial charge in [-0.3, -0.25) is 14.6 Å². The molecule has 3 heterocycles. The van der Waals surface area contributed by atoms with Crippen molar-refractivity contribution in [3.05, 3.63) is 60.4 Å². The normalized spacial score (nSPS) is 21.9. The van der Waals surface area contributed by atoms with Gasteiger partial charge < -0.3 is 10.2 Å². The number of hydrogen-bond acceptors (Lipinski definition) is 4. The molecule has 29 heavy (non-hydrogen) atoms. The van der Waals surface area contributed by atoms with Crippen LogP contribution in [0.4, 0.5) is 10.5 Å². The molecular weight excluding hydrogens is 368 g/mol. The Balaban J connectivity index is 1.40. The summed E-state index contributed by atoms with van der Waals surface area (Å²) in [5.74, 6) is -0.296. The first-order chi connectivity index (χ1) is 14.1. The fourth-order valence-electron chi connectivity index (χ4n) is 4.11. The molecule has 0 spiro atoms. The summed E-state index contributed by atoms with van der Waals surface area (Å²) in [5.41, 5.74) is 1.58. The highest BCUT2D eigenvalue weighted by Crippen LogP contribution is 2.31. The Kier molecular flexibility index (Phi) is 5.55. The first-order valence-corrected chi connectivity index (χ1v) is 10.0. The summed E-state index contributed by atoms with van der Waals surface area (Å²) in [6.45, 7) is 0.708. The Morgan fingerprint density at radius 3 is 2.69 bits per heavy atom. The number of urea groups is 1. The van der Waals surface area contributed by atoms with E-state index in [1.165, 1.54) is 0 Å². The van der Waals surface area contributed by atoms with E-state index in [2.05, 4.69) is 10.3 Å². The van der Waals surface area contributed by atoms with Crippen molar-refractivity contribution in [3.63, 3.8) is 0 Å². The average Bonchev–Trinajstić information content (AvgIpc) is 3.06. The van der Waals surface area contributed by atoms with Gasteiger partial charge in [0.05, 0.1) is 11.7 Å². The highest BCUT2D eigenvalue weighted by atomic mass is 16.2. The molecule has 2 aliphatic heterocycles. The number of piperidine rings is 1. The zero-order chi connectivity index (χ0) is 20.2. The number of rotatable bonds is 5. The van der Waals surface area contributed by atoms with Crippen LogP contribution in [0.25, 0.3) is 0 Å². The largest absolute Gasteiger partial charge is 0.336 e. The average molecular weight is 392 g/mol. The molecule has 0 radical (unpaired) electrons. The Morgan fingerprint density at radius 1 is 1.10 bits per heavy atom. The minimum atomic E-state index is -0.673. The molecule has 1 N–H and O–H groups in total. The number of nitrogens with zero attached hydrogens (tertiary/aromatic N) is 3. The van der Waals surface area contributed by atoms with Crippen molar-refractivity contribution in [3.8, 4) is 0 Å². The maximum atomic E-state index is 12.9. The predicted molar refractivity (Wildman–Crippen MR) is 108 cm³/mol. The minimum Gasteiger partial charge on any atom is -0.336 e. The Morgan fingerprint density at radius 2 is 1.93 bits per heavy atom. The summed E-state index contributed by atoms with van der Waals surface area (Å²) >= 11 is 0. The summed E-state index contributed by atoms with van der Waals surface area (Å²) in [4.78, 5) is 45.1. The second-order valence-corrected chi connectivity index (χ2v) is 7.44. The van der Waals surface area contributed by atoms with E-state index in [-0.39, 0.29) is 24.3 Å². The lowest BCUT2D eigenvalue weighted by Crippen LogP contribution is -2.39. The fourth-order valence-corrected chi connectivity index (χ4v) is 4.11. The number of aromatic nitrogens is 1. The van der Waals surface area contributed by atoms with Gasteiger partial charge in [0, 0.05) is 25.4 Å². The molecule has 1 aromatic heterocycles.